The predicted octanol–water partition coefficient (Wildman–Crippen LogP) is 5.65. The number of aliphatic hydroxyl groups excluding tert-OH is 1. The quantitative estimate of drug-likeness (QED) is 0.472. The van der Waals surface area contributed by atoms with E-state index in [1.165, 1.54) is 22.4 Å². The van der Waals surface area contributed by atoms with Crippen LogP contribution in [0.3, 0.4) is 0 Å². The second kappa shape index (κ2) is 11.3. The number of aliphatic hydroxyl groups is 1. The van der Waals surface area contributed by atoms with Crippen LogP contribution in [0.2, 0.25) is 0 Å². The summed E-state index contributed by atoms with van der Waals surface area (Å²) in [4.78, 5) is 0. The second-order valence-electron chi connectivity index (χ2n) is 8.68. The SMILES string of the molecule is CCc1cc(CCC(O)C(C)(C)CCCc2ccc(OC)c(OC)c2)ccc1NC. The second-order valence-corrected chi connectivity index (χ2v) is 8.68. The van der Waals surface area contributed by atoms with Crippen molar-refractivity contribution in [2.45, 2.75) is 65.4 Å². The molecule has 0 saturated carbocycles. The van der Waals surface area contributed by atoms with E-state index in [4.69, 9.17) is 9.47 Å². The van der Waals surface area contributed by atoms with Crippen molar-refractivity contribution in [3.63, 3.8) is 0 Å². The minimum absolute atomic E-state index is 0.116. The number of aryl methyl sites for hydroxylation is 3. The Hall–Kier alpha value is -2.20. The van der Waals surface area contributed by atoms with Gasteiger partial charge in [-0.15, -0.1) is 0 Å². The monoisotopic (exact) mass is 413 g/mol. The van der Waals surface area contributed by atoms with E-state index < -0.39 is 0 Å². The number of rotatable bonds is 12. The standard InChI is InChI=1S/C26H39NO3/c1-7-21-17-20(10-13-22(21)27-4)12-15-25(28)26(2,3)16-8-9-19-11-14-23(29-5)24(18-19)30-6/h10-11,13-14,17-18,25,27-28H,7-9,12,15-16H2,1-6H3. The maximum absolute atomic E-state index is 10.9. The average molecular weight is 414 g/mol. The Kier molecular flexibility index (Phi) is 9.04. The predicted molar refractivity (Wildman–Crippen MR) is 126 cm³/mol. The third kappa shape index (κ3) is 6.40. The molecule has 0 aliphatic carbocycles. The fourth-order valence-corrected chi connectivity index (χ4v) is 3.98. The number of ether oxygens (including phenoxy) is 2. The molecule has 30 heavy (non-hydrogen) atoms. The summed E-state index contributed by atoms with van der Waals surface area (Å²) in [6.45, 7) is 6.53. The molecule has 0 bridgehead atoms. The lowest BCUT2D eigenvalue weighted by molar-refractivity contribution is 0.0362. The number of anilines is 1. The molecule has 0 saturated heterocycles. The van der Waals surface area contributed by atoms with Crippen molar-refractivity contribution in [2.24, 2.45) is 5.41 Å². The van der Waals surface area contributed by atoms with E-state index in [1.807, 2.05) is 19.2 Å². The summed E-state index contributed by atoms with van der Waals surface area (Å²) in [5.41, 5.74) is 4.94. The first-order valence-corrected chi connectivity index (χ1v) is 11.0. The molecular formula is C26H39NO3. The fraction of sp³-hybridized carbons (Fsp3) is 0.538. The minimum atomic E-state index is -0.322. The highest BCUT2D eigenvalue weighted by Gasteiger charge is 2.27. The van der Waals surface area contributed by atoms with E-state index in [1.54, 1.807) is 14.2 Å². The molecule has 2 aromatic rings. The summed E-state index contributed by atoms with van der Waals surface area (Å²) in [6, 6.07) is 12.7. The Morgan fingerprint density at radius 2 is 1.63 bits per heavy atom. The molecule has 4 heteroatoms. The van der Waals surface area contributed by atoms with Crippen LogP contribution in [0.15, 0.2) is 36.4 Å². The van der Waals surface area contributed by atoms with Gasteiger partial charge in [-0.2, -0.15) is 0 Å². The molecule has 0 aliphatic heterocycles. The summed E-state index contributed by atoms with van der Waals surface area (Å²) in [5.74, 6) is 1.52. The zero-order valence-corrected chi connectivity index (χ0v) is 19.5. The van der Waals surface area contributed by atoms with E-state index in [0.717, 1.165) is 50.0 Å². The third-order valence-corrected chi connectivity index (χ3v) is 6.16. The maximum Gasteiger partial charge on any atom is 0.160 e. The molecule has 0 aromatic heterocycles. The van der Waals surface area contributed by atoms with Gasteiger partial charge in [-0.1, -0.05) is 39.0 Å². The molecular weight excluding hydrogens is 374 g/mol. The first kappa shape index (κ1) is 24.1. The molecule has 0 heterocycles. The Morgan fingerprint density at radius 1 is 0.967 bits per heavy atom. The van der Waals surface area contributed by atoms with E-state index in [-0.39, 0.29) is 11.5 Å². The molecule has 0 radical (unpaired) electrons. The molecule has 4 nitrogen and oxygen atoms in total. The smallest absolute Gasteiger partial charge is 0.160 e. The maximum atomic E-state index is 10.9. The minimum Gasteiger partial charge on any atom is -0.493 e. The largest absolute Gasteiger partial charge is 0.493 e. The molecule has 1 atom stereocenters. The Bertz CT molecular complexity index is 801. The van der Waals surface area contributed by atoms with Gasteiger partial charge in [-0.05, 0) is 78.8 Å². The van der Waals surface area contributed by atoms with Gasteiger partial charge in [0, 0.05) is 12.7 Å². The van der Waals surface area contributed by atoms with Crippen LogP contribution in [0.5, 0.6) is 11.5 Å². The molecule has 0 amide bonds. The summed E-state index contributed by atoms with van der Waals surface area (Å²) in [5, 5.41) is 14.1. The van der Waals surface area contributed by atoms with Crippen LogP contribution in [0, 0.1) is 5.41 Å². The molecule has 0 aliphatic rings. The van der Waals surface area contributed by atoms with E-state index >= 15 is 0 Å². The van der Waals surface area contributed by atoms with Crippen LogP contribution >= 0.6 is 0 Å². The number of hydrogen-bond acceptors (Lipinski definition) is 4. The Balaban J connectivity index is 1.87. The highest BCUT2D eigenvalue weighted by Crippen LogP contribution is 2.32. The van der Waals surface area contributed by atoms with Crippen LogP contribution in [0.4, 0.5) is 5.69 Å². The lowest BCUT2D eigenvalue weighted by Gasteiger charge is -2.31. The van der Waals surface area contributed by atoms with E-state index in [9.17, 15) is 5.11 Å². The lowest BCUT2D eigenvalue weighted by atomic mass is 9.79. The summed E-state index contributed by atoms with van der Waals surface area (Å²) in [7, 11) is 5.28. The number of hydrogen-bond donors (Lipinski definition) is 2. The van der Waals surface area contributed by atoms with Crippen molar-refractivity contribution in [3.05, 3.63) is 53.1 Å². The zero-order chi connectivity index (χ0) is 22.1. The van der Waals surface area contributed by atoms with Crippen molar-refractivity contribution in [2.75, 3.05) is 26.6 Å². The summed E-state index contributed by atoms with van der Waals surface area (Å²) in [6.07, 6.45) is 5.33. The molecule has 2 N–H and O–H groups in total. The van der Waals surface area contributed by atoms with Gasteiger partial charge in [-0.3, -0.25) is 0 Å². The van der Waals surface area contributed by atoms with Gasteiger partial charge in [0.25, 0.3) is 0 Å². The van der Waals surface area contributed by atoms with Crippen molar-refractivity contribution >= 4 is 5.69 Å². The first-order chi connectivity index (χ1) is 14.3. The Labute approximate surface area is 182 Å². The van der Waals surface area contributed by atoms with Crippen molar-refractivity contribution in [3.8, 4) is 11.5 Å². The van der Waals surface area contributed by atoms with Crippen LogP contribution < -0.4 is 14.8 Å². The van der Waals surface area contributed by atoms with Crippen LogP contribution in [0.1, 0.15) is 56.7 Å². The van der Waals surface area contributed by atoms with Gasteiger partial charge in [-0.25, -0.2) is 0 Å². The molecule has 0 fully saturated rings. The molecule has 2 rings (SSSR count). The molecule has 1 unspecified atom stereocenters. The van der Waals surface area contributed by atoms with Gasteiger partial charge in [0.05, 0.1) is 20.3 Å². The summed E-state index contributed by atoms with van der Waals surface area (Å²) >= 11 is 0. The molecule has 166 valence electrons. The van der Waals surface area contributed by atoms with Crippen molar-refractivity contribution < 1.29 is 14.6 Å². The normalized spacial score (nSPS) is 12.5. The topological polar surface area (TPSA) is 50.7 Å². The first-order valence-electron chi connectivity index (χ1n) is 11.0. The van der Waals surface area contributed by atoms with Crippen LogP contribution in [0.25, 0.3) is 0 Å². The summed E-state index contributed by atoms with van der Waals surface area (Å²) < 4.78 is 10.7. The average Bonchev–Trinajstić information content (AvgIpc) is 2.76. The van der Waals surface area contributed by atoms with Crippen LogP contribution in [-0.4, -0.2) is 32.5 Å². The third-order valence-electron chi connectivity index (χ3n) is 6.16. The van der Waals surface area contributed by atoms with E-state index in [2.05, 4.69) is 50.4 Å². The number of methoxy groups -OCH3 is 2. The van der Waals surface area contributed by atoms with Gasteiger partial charge in [0.2, 0.25) is 0 Å². The lowest BCUT2D eigenvalue weighted by Crippen LogP contribution is -2.30. The van der Waals surface area contributed by atoms with Crippen LogP contribution in [-0.2, 0) is 19.3 Å². The fourth-order valence-electron chi connectivity index (χ4n) is 3.98. The molecule has 2 aromatic carbocycles. The number of benzene rings is 2. The van der Waals surface area contributed by atoms with Gasteiger partial charge in [0.15, 0.2) is 11.5 Å². The number of nitrogens with one attached hydrogen (secondary N) is 1. The van der Waals surface area contributed by atoms with Crippen molar-refractivity contribution in [1.29, 1.82) is 0 Å². The zero-order valence-electron chi connectivity index (χ0n) is 19.5. The van der Waals surface area contributed by atoms with Gasteiger partial charge >= 0.3 is 0 Å². The van der Waals surface area contributed by atoms with Gasteiger partial charge in [0.1, 0.15) is 0 Å². The highest BCUT2D eigenvalue weighted by atomic mass is 16.5. The van der Waals surface area contributed by atoms with E-state index in [0.29, 0.717) is 0 Å². The van der Waals surface area contributed by atoms with Crippen molar-refractivity contribution in [1.82, 2.24) is 0 Å². The Morgan fingerprint density at radius 3 is 2.27 bits per heavy atom. The highest BCUT2D eigenvalue weighted by molar-refractivity contribution is 5.52. The van der Waals surface area contributed by atoms with Gasteiger partial charge < -0.3 is 19.9 Å². The molecule has 0 spiro atoms.